The molecule has 0 saturated heterocycles. The first-order valence-electron chi connectivity index (χ1n) is 5.85. The van der Waals surface area contributed by atoms with Crippen LogP contribution >= 0.6 is 0 Å². The van der Waals surface area contributed by atoms with Crippen molar-refractivity contribution in [1.82, 2.24) is 0 Å². The molecular weight excluding hydrogens is 280 g/mol. The molecule has 0 aliphatic rings. The second-order valence-corrected chi connectivity index (χ2v) is 4.16. The van der Waals surface area contributed by atoms with Crippen LogP contribution in [0.2, 0.25) is 0 Å². The van der Waals surface area contributed by atoms with Gasteiger partial charge in [0.1, 0.15) is 12.4 Å². The average molecular weight is 289 g/mol. The summed E-state index contributed by atoms with van der Waals surface area (Å²) < 4.78 is 32.2. The highest BCUT2D eigenvalue weighted by Crippen LogP contribution is 2.20. The van der Waals surface area contributed by atoms with Crippen LogP contribution in [0.5, 0.6) is 5.75 Å². The Hall–Kier alpha value is -2.94. The Balaban J connectivity index is 2.18. The van der Waals surface area contributed by atoms with E-state index < -0.39 is 17.6 Å². The zero-order valence-corrected chi connectivity index (χ0v) is 10.6. The third-order valence-corrected chi connectivity index (χ3v) is 2.74. The lowest BCUT2D eigenvalue weighted by atomic mass is 10.1. The lowest BCUT2D eigenvalue weighted by Crippen LogP contribution is -2.04. The average Bonchev–Trinajstić information content (AvgIpc) is 2.47. The van der Waals surface area contributed by atoms with E-state index in [9.17, 15) is 13.6 Å². The number of aromatic carboxylic acids is 1. The molecule has 2 aromatic rings. The lowest BCUT2D eigenvalue weighted by molar-refractivity contribution is 0.0696. The molecule has 0 saturated carbocycles. The molecule has 2 aromatic carbocycles. The first kappa shape index (κ1) is 14.5. The van der Waals surface area contributed by atoms with Crippen molar-refractivity contribution in [2.24, 2.45) is 0 Å². The molecule has 0 aliphatic heterocycles. The molecule has 0 unspecified atom stereocenters. The van der Waals surface area contributed by atoms with E-state index in [1.54, 1.807) is 6.07 Å². The van der Waals surface area contributed by atoms with Crippen molar-refractivity contribution in [3.63, 3.8) is 0 Å². The summed E-state index contributed by atoms with van der Waals surface area (Å²) in [5, 5.41) is 17.5. The fourth-order valence-electron chi connectivity index (χ4n) is 1.66. The van der Waals surface area contributed by atoms with Crippen LogP contribution in [0.15, 0.2) is 36.4 Å². The van der Waals surface area contributed by atoms with Crippen LogP contribution in [0, 0.1) is 23.0 Å². The summed E-state index contributed by atoms with van der Waals surface area (Å²) in [4.78, 5) is 10.8. The summed E-state index contributed by atoms with van der Waals surface area (Å²) >= 11 is 0. The molecule has 106 valence electrons. The van der Waals surface area contributed by atoms with Crippen LogP contribution in [0.25, 0.3) is 0 Å². The van der Waals surface area contributed by atoms with Crippen LogP contribution in [-0.2, 0) is 6.61 Å². The zero-order valence-electron chi connectivity index (χ0n) is 10.6. The Kier molecular flexibility index (Phi) is 4.14. The maximum absolute atomic E-state index is 13.6. The molecule has 0 radical (unpaired) electrons. The quantitative estimate of drug-likeness (QED) is 0.938. The minimum Gasteiger partial charge on any atom is -0.486 e. The lowest BCUT2D eigenvalue weighted by Gasteiger charge is -2.09. The Morgan fingerprint density at radius 2 is 1.95 bits per heavy atom. The van der Waals surface area contributed by atoms with Crippen LogP contribution in [-0.4, -0.2) is 11.1 Å². The maximum Gasteiger partial charge on any atom is 0.335 e. The van der Waals surface area contributed by atoms with Crippen molar-refractivity contribution in [3.05, 3.63) is 64.7 Å². The van der Waals surface area contributed by atoms with Gasteiger partial charge in [0.05, 0.1) is 17.2 Å². The highest BCUT2D eigenvalue weighted by atomic mass is 19.1. The number of nitriles is 1. The van der Waals surface area contributed by atoms with Crippen molar-refractivity contribution in [2.45, 2.75) is 6.61 Å². The second kappa shape index (κ2) is 6.01. The number of nitrogens with zero attached hydrogens (tertiary/aromatic N) is 1. The first-order chi connectivity index (χ1) is 10.0. The topological polar surface area (TPSA) is 70.3 Å². The highest BCUT2D eigenvalue weighted by molar-refractivity contribution is 5.87. The van der Waals surface area contributed by atoms with E-state index in [1.807, 2.05) is 0 Å². The van der Waals surface area contributed by atoms with Crippen molar-refractivity contribution < 1.29 is 23.4 Å². The van der Waals surface area contributed by atoms with E-state index in [-0.39, 0.29) is 29.0 Å². The van der Waals surface area contributed by atoms with E-state index in [4.69, 9.17) is 15.1 Å². The normalized spacial score (nSPS) is 9.95. The van der Waals surface area contributed by atoms with Gasteiger partial charge in [0.2, 0.25) is 0 Å². The van der Waals surface area contributed by atoms with Crippen LogP contribution in [0.4, 0.5) is 8.78 Å². The fourth-order valence-corrected chi connectivity index (χ4v) is 1.66. The van der Waals surface area contributed by atoms with E-state index in [0.717, 1.165) is 24.3 Å². The van der Waals surface area contributed by atoms with E-state index >= 15 is 0 Å². The van der Waals surface area contributed by atoms with Gasteiger partial charge in [-0.05, 0) is 36.4 Å². The molecule has 0 bridgehead atoms. The largest absolute Gasteiger partial charge is 0.486 e. The summed E-state index contributed by atoms with van der Waals surface area (Å²) in [6, 6.07) is 8.66. The number of carbonyl (C=O) groups is 1. The summed E-state index contributed by atoms with van der Waals surface area (Å²) in [5.41, 5.74) is 0.0489. The summed E-state index contributed by atoms with van der Waals surface area (Å²) in [7, 11) is 0. The number of carboxylic acids is 1. The number of halogens is 2. The van der Waals surface area contributed by atoms with Crippen LogP contribution in [0.3, 0.4) is 0 Å². The third kappa shape index (κ3) is 3.34. The molecular formula is C15H9F2NO3. The SMILES string of the molecule is N#Cc1ccc(OCc2cc(C(=O)O)ccc2F)c(F)c1. The number of hydrogen-bond acceptors (Lipinski definition) is 3. The van der Waals surface area contributed by atoms with E-state index in [1.165, 1.54) is 12.1 Å². The number of hydrogen-bond donors (Lipinski definition) is 1. The molecule has 1 N–H and O–H groups in total. The predicted molar refractivity (Wildman–Crippen MR) is 68.8 cm³/mol. The minimum atomic E-state index is -1.19. The van der Waals surface area contributed by atoms with Crippen molar-refractivity contribution in [3.8, 4) is 11.8 Å². The van der Waals surface area contributed by atoms with Crippen LogP contribution < -0.4 is 4.74 Å². The van der Waals surface area contributed by atoms with Gasteiger partial charge in [0.25, 0.3) is 0 Å². The molecule has 21 heavy (non-hydrogen) atoms. The summed E-state index contributed by atoms with van der Waals surface area (Å²) in [5.74, 6) is -2.73. The zero-order chi connectivity index (χ0) is 15.4. The predicted octanol–water partition coefficient (Wildman–Crippen LogP) is 3.11. The van der Waals surface area contributed by atoms with E-state index in [0.29, 0.717) is 0 Å². The summed E-state index contributed by atoms with van der Waals surface area (Å²) in [6.45, 7) is -0.324. The monoisotopic (exact) mass is 289 g/mol. The molecule has 0 fully saturated rings. The fraction of sp³-hybridized carbons (Fsp3) is 0.0667. The Morgan fingerprint density at radius 1 is 1.19 bits per heavy atom. The van der Waals surface area contributed by atoms with Crippen LogP contribution in [0.1, 0.15) is 21.5 Å². The highest BCUT2D eigenvalue weighted by Gasteiger charge is 2.11. The molecule has 4 nitrogen and oxygen atoms in total. The molecule has 0 amide bonds. The third-order valence-electron chi connectivity index (χ3n) is 2.74. The van der Waals surface area contributed by atoms with Crippen molar-refractivity contribution >= 4 is 5.97 Å². The maximum atomic E-state index is 13.6. The second-order valence-electron chi connectivity index (χ2n) is 4.16. The molecule has 6 heteroatoms. The smallest absolute Gasteiger partial charge is 0.335 e. The number of rotatable bonds is 4. The van der Waals surface area contributed by atoms with Gasteiger partial charge in [0.15, 0.2) is 11.6 Å². The van der Waals surface area contributed by atoms with Crippen molar-refractivity contribution in [1.29, 1.82) is 5.26 Å². The molecule has 0 spiro atoms. The number of carboxylic acid groups (broad SMARTS) is 1. The van der Waals surface area contributed by atoms with Gasteiger partial charge in [-0.25, -0.2) is 13.6 Å². The Morgan fingerprint density at radius 3 is 2.57 bits per heavy atom. The Labute approximate surface area is 118 Å². The van der Waals surface area contributed by atoms with Crippen molar-refractivity contribution in [2.75, 3.05) is 0 Å². The van der Waals surface area contributed by atoms with E-state index in [2.05, 4.69) is 0 Å². The van der Waals surface area contributed by atoms with Gasteiger partial charge in [-0.3, -0.25) is 0 Å². The van der Waals surface area contributed by atoms with Gasteiger partial charge in [-0.15, -0.1) is 0 Å². The van der Waals surface area contributed by atoms with Gasteiger partial charge >= 0.3 is 5.97 Å². The van der Waals surface area contributed by atoms with Gasteiger partial charge in [-0.2, -0.15) is 5.26 Å². The van der Waals surface area contributed by atoms with Gasteiger partial charge in [-0.1, -0.05) is 0 Å². The van der Waals surface area contributed by atoms with Gasteiger partial charge in [0, 0.05) is 5.56 Å². The molecule has 0 aliphatic carbocycles. The summed E-state index contributed by atoms with van der Waals surface area (Å²) in [6.07, 6.45) is 0. The molecule has 0 atom stereocenters. The standard InChI is InChI=1S/C15H9F2NO3/c16-12-3-2-10(15(19)20)6-11(12)8-21-14-4-1-9(7-18)5-13(14)17/h1-6H,8H2,(H,19,20). The first-order valence-corrected chi connectivity index (χ1v) is 5.85. The Bertz CT molecular complexity index is 738. The number of ether oxygens (including phenoxy) is 1. The van der Waals surface area contributed by atoms with Gasteiger partial charge < -0.3 is 9.84 Å². The molecule has 0 heterocycles. The molecule has 2 rings (SSSR count). The number of benzene rings is 2. The molecule has 0 aromatic heterocycles. The minimum absolute atomic E-state index is 0.00124.